The molecule has 0 fully saturated rings. The number of hydrogen-bond acceptors (Lipinski definition) is 6. The molecule has 0 bridgehead atoms. The molecule has 0 aliphatic rings. The number of hydrogen-bond donors (Lipinski definition) is 1. The van der Waals surface area contributed by atoms with Crippen LogP contribution in [0, 0.1) is 6.92 Å². The second-order valence-corrected chi connectivity index (χ2v) is 3.62. The second-order valence-electron chi connectivity index (χ2n) is 3.62. The van der Waals surface area contributed by atoms with Crippen LogP contribution in [0.1, 0.15) is 5.82 Å². The van der Waals surface area contributed by atoms with E-state index in [-0.39, 0.29) is 12.5 Å². The summed E-state index contributed by atoms with van der Waals surface area (Å²) in [7, 11) is 1.35. The molecule has 1 aromatic carbocycles. The number of nitrogens with one attached hydrogen (secondary N) is 1. The van der Waals surface area contributed by atoms with E-state index in [4.69, 9.17) is 0 Å². The Morgan fingerprint density at radius 3 is 3.00 bits per heavy atom. The highest BCUT2D eigenvalue weighted by atomic mass is 16.5. The van der Waals surface area contributed by atoms with E-state index in [1.54, 1.807) is 4.68 Å². The first kappa shape index (κ1) is 12.0. The van der Waals surface area contributed by atoms with Crippen molar-refractivity contribution in [1.29, 1.82) is 0 Å². The summed E-state index contributed by atoms with van der Waals surface area (Å²) in [4.78, 5) is 11.0. The Morgan fingerprint density at radius 1 is 1.50 bits per heavy atom. The highest BCUT2D eigenvalue weighted by molar-refractivity contribution is 5.75. The van der Waals surface area contributed by atoms with Crippen molar-refractivity contribution in [1.82, 2.24) is 20.2 Å². The fraction of sp³-hybridized carbons (Fsp3) is 0.273. The van der Waals surface area contributed by atoms with Gasteiger partial charge in [-0.05, 0) is 35.5 Å². The number of rotatable bonds is 4. The average Bonchev–Trinajstić information content (AvgIpc) is 2.82. The van der Waals surface area contributed by atoms with E-state index in [0.717, 1.165) is 11.4 Å². The summed E-state index contributed by atoms with van der Waals surface area (Å²) < 4.78 is 6.17. The lowest BCUT2D eigenvalue weighted by Crippen LogP contribution is -2.15. The number of anilines is 1. The molecular weight excluding hydrogens is 234 g/mol. The lowest BCUT2D eigenvalue weighted by Gasteiger charge is -2.07. The fourth-order valence-electron chi connectivity index (χ4n) is 1.46. The molecule has 2 aromatic rings. The first-order valence-electron chi connectivity index (χ1n) is 5.37. The normalized spacial score (nSPS) is 10.1. The topological polar surface area (TPSA) is 81.9 Å². The van der Waals surface area contributed by atoms with Gasteiger partial charge in [-0.1, -0.05) is 6.07 Å². The van der Waals surface area contributed by atoms with Crippen molar-refractivity contribution in [2.45, 2.75) is 6.92 Å². The average molecular weight is 247 g/mol. The van der Waals surface area contributed by atoms with Crippen LogP contribution in [0.15, 0.2) is 24.3 Å². The predicted octanol–water partition coefficient (Wildman–Crippen LogP) is 0.556. The zero-order valence-corrected chi connectivity index (χ0v) is 10.1. The van der Waals surface area contributed by atoms with Crippen molar-refractivity contribution in [3.63, 3.8) is 0 Å². The number of aryl methyl sites for hydroxylation is 1. The Hall–Kier alpha value is -2.44. The van der Waals surface area contributed by atoms with E-state index in [2.05, 4.69) is 25.6 Å². The van der Waals surface area contributed by atoms with E-state index < -0.39 is 0 Å². The quantitative estimate of drug-likeness (QED) is 0.795. The van der Waals surface area contributed by atoms with E-state index in [1.165, 1.54) is 7.11 Å². The lowest BCUT2D eigenvalue weighted by atomic mass is 10.2. The van der Waals surface area contributed by atoms with Gasteiger partial charge < -0.3 is 10.1 Å². The van der Waals surface area contributed by atoms with E-state index >= 15 is 0 Å². The molecule has 0 saturated heterocycles. The summed E-state index contributed by atoms with van der Waals surface area (Å²) in [6.45, 7) is 1.93. The van der Waals surface area contributed by atoms with Crippen LogP contribution in [-0.4, -0.2) is 39.8 Å². The zero-order chi connectivity index (χ0) is 13.0. The maximum Gasteiger partial charge on any atom is 0.325 e. The Morgan fingerprint density at radius 2 is 2.33 bits per heavy atom. The third-order valence-electron chi connectivity index (χ3n) is 2.38. The van der Waals surface area contributed by atoms with Crippen molar-refractivity contribution < 1.29 is 9.53 Å². The molecule has 0 spiro atoms. The van der Waals surface area contributed by atoms with Crippen molar-refractivity contribution >= 4 is 11.7 Å². The Balaban J connectivity index is 2.15. The number of esters is 1. The Bertz CT molecular complexity index is 552. The van der Waals surface area contributed by atoms with Gasteiger partial charge >= 0.3 is 5.97 Å². The van der Waals surface area contributed by atoms with Gasteiger partial charge in [0, 0.05) is 5.69 Å². The molecule has 1 N–H and O–H groups in total. The predicted molar refractivity (Wildman–Crippen MR) is 64.4 cm³/mol. The summed E-state index contributed by atoms with van der Waals surface area (Å²) in [5.74, 6) is 0.374. The molecule has 0 saturated carbocycles. The van der Waals surface area contributed by atoms with E-state index in [0.29, 0.717) is 5.82 Å². The molecule has 0 aliphatic heterocycles. The summed E-state index contributed by atoms with van der Waals surface area (Å²) in [5.41, 5.74) is 1.63. The van der Waals surface area contributed by atoms with Crippen molar-refractivity contribution in [2.75, 3.05) is 19.0 Å². The molecule has 1 aromatic heterocycles. The van der Waals surface area contributed by atoms with Crippen LogP contribution >= 0.6 is 0 Å². The zero-order valence-electron chi connectivity index (χ0n) is 10.1. The number of ether oxygens (including phenoxy) is 1. The minimum atomic E-state index is -0.320. The maximum absolute atomic E-state index is 11.0. The van der Waals surface area contributed by atoms with Gasteiger partial charge in [0.1, 0.15) is 6.54 Å². The molecular formula is C11H13N5O2. The van der Waals surface area contributed by atoms with E-state index in [9.17, 15) is 4.79 Å². The van der Waals surface area contributed by atoms with Gasteiger partial charge in [0.2, 0.25) is 0 Å². The number of aromatic nitrogens is 4. The van der Waals surface area contributed by atoms with Crippen LogP contribution < -0.4 is 5.32 Å². The molecule has 18 heavy (non-hydrogen) atoms. The smallest absolute Gasteiger partial charge is 0.325 e. The van der Waals surface area contributed by atoms with E-state index in [1.807, 2.05) is 31.2 Å². The third kappa shape index (κ3) is 2.62. The van der Waals surface area contributed by atoms with Gasteiger partial charge in [0.05, 0.1) is 12.8 Å². The molecule has 0 radical (unpaired) electrons. The van der Waals surface area contributed by atoms with Crippen LogP contribution in [0.2, 0.25) is 0 Å². The summed E-state index contributed by atoms with van der Waals surface area (Å²) in [6, 6.07) is 7.45. The van der Waals surface area contributed by atoms with Crippen molar-refractivity contribution in [2.24, 2.45) is 0 Å². The number of nitrogens with zero attached hydrogens (tertiary/aromatic N) is 4. The highest BCUT2D eigenvalue weighted by Gasteiger charge is 2.05. The number of benzene rings is 1. The Kier molecular flexibility index (Phi) is 3.52. The highest BCUT2D eigenvalue weighted by Crippen LogP contribution is 2.14. The van der Waals surface area contributed by atoms with Gasteiger partial charge in [-0.3, -0.25) is 4.79 Å². The first-order chi connectivity index (χ1) is 8.70. The number of carbonyl (C=O) groups excluding carboxylic acids is 1. The summed E-state index contributed by atoms with van der Waals surface area (Å²) in [6.07, 6.45) is 0. The molecule has 0 unspecified atom stereocenters. The maximum atomic E-state index is 11.0. The second kappa shape index (κ2) is 5.26. The molecule has 2 rings (SSSR count). The molecule has 1 heterocycles. The van der Waals surface area contributed by atoms with Gasteiger partial charge in [0.25, 0.3) is 0 Å². The van der Waals surface area contributed by atoms with Gasteiger partial charge in [-0.2, -0.15) is 4.68 Å². The first-order valence-corrected chi connectivity index (χ1v) is 5.37. The molecule has 7 heteroatoms. The van der Waals surface area contributed by atoms with Crippen molar-refractivity contribution in [3.8, 4) is 5.69 Å². The number of tetrazole rings is 1. The molecule has 0 aliphatic carbocycles. The van der Waals surface area contributed by atoms with Crippen LogP contribution in [0.5, 0.6) is 0 Å². The third-order valence-corrected chi connectivity index (χ3v) is 2.38. The van der Waals surface area contributed by atoms with Crippen molar-refractivity contribution in [3.05, 3.63) is 30.1 Å². The Labute approximate surface area is 104 Å². The summed E-state index contributed by atoms with van der Waals surface area (Å²) in [5, 5.41) is 14.2. The van der Waals surface area contributed by atoms with Crippen LogP contribution in [-0.2, 0) is 9.53 Å². The van der Waals surface area contributed by atoms with Gasteiger partial charge in [-0.15, -0.1) is 5.10 Å². The van der Waals surface area contributed by atoms with Gasteiger partial charge in [0.15, 0.2) is 5.82 Å². The number of carbonyl (C=O) groups is 1. The standard InChI is InChI=1S/C11H13N5O2/c1-8-13-14-15-16(8)10-5-3-4-9(6-10)12-7-11(17)18-2/h3-6,12H,7H2,1-2H3. The minimum absolute atomic E-state index is 0.120. The lowest BCUT2D eigenvalue weighted by molar-refractivity contribution is -0.138. The fourth-order valence-corrected chi connectivity index (χ4v) is 1.46. The SMILES string of the molecule is COC(=O)CNc1cccc(-n2nnnc2C)c1. The monoisotopic (exact) mass is 247 g/mol. The summed E-state index contributed by atoms with van der Waals surface area (Å²) >= 11 is 0. The molecule has 94 valence electrons. The minimum Gasteiger partial charge on any atom is -0.468 e. The molecule has 0 amide bonds. The largest absolute Gasteiger partial charge is 0.468 e. The molecule has 0 atom stereocenters. The van der Waals surface area contributed by atoms with Gasteiger partial charge in [-0.25, -0.2) is 0 Å². The molecule has 7 nitrogen and oxygen atoms in total. The number of methoxy groups -OCH3 is 1. The van der Waals surface area contributed by atoms with Crippen LogP contribution in [0.3, 0.4) is 0 Å². The van der Waals surface area contributed by atoms with Crippen LogP contribution in [0.25, 0.3) is 5.69 Å². The van der Waals surface area contributed by atoms with Crippen LogP contribution in [0.4, 0.5) is 5.69 Å².